The molecular formula is C26H25N3O2. The van der Waals surface area contributed by atoms with Crippen LogP contribution in [0.2, 0.25) is 0 Å². The number of hydrogen-bond donors (Lipinski definition) is 1. The lowest BCUT2D eigenvalue weighted by molar-refractivity contribution is 0.0937. The number of amides is 1. The number of Topliss-reactive ketones (excluding diaryl/α,β-unsaturated/α-hetero) is 1. The van der Waals surface area contributed by atoms with Crippen LogP contribution in [0.25, 0.3) is 11.0 Å². The van der Waals surface area contributed by atoms with Crippen LogP contribution in [0.5, 0.6) is 0 Å². The summed E-state index contributed by atoms with van der Waals surface area (Å²) in [4.78, 5) is 30.6. The van der Waals surface area contributed by atoms with Crippen LogP contribution in [-0.2, 0) is 6.54 Å². The van der Waals surface area contributed by atoms with E-state index in [0.717, 1.165) is 22.2 Å². The van der Waals surface area contributed by atoms with Crippen LogP contribution >= 0.6 is 0 Å². The highest BCUT2D eigenvalue weighted by molar-refractivity contribution is 5.97. The number of hydrogen-bond acceptors (Lipinski definition) is 3. The van der Waals surface area contributed by atoms with Crippen LogP contribution in [0.4, 0.5) is 0 Å². The van der Waals surface area contributed by atoms with Crippen molar-refractivity contribution in [3.63, 3.8) is 0 Å². The quantitative estimate of drug-likeness (QED) is 0.453. The van der Waals surface area contributed by atoms with Gasteiger partial charge in [0.1, 0.15) is 5.82 Å². The number of imidazole rings is 1. The molecule has 5 heteroatoms. The molecule has 0 aliphatic heterocycles. The van der Waals surface area contributed by atoms with Crippen molar-refractivity contribution in [3.8, 4) is 0 Å². The van der Waals surface area contributed by atoms with Crippen LogP contribution in [0.15, 0.2) is 72.8 Å². The normalized spacial score (nSPS) is 12.0. The maximum Gasteiger partial charge on any atom is 0.252 e. The molecule has 0 saturated heterocycles. The van der Waals surface area contributed by atoms with Gasteiger partial charge in [0, 0.05) is 11.1 Å². The van der Waals surface area contributed by atoms with Crippen molar-refractivity contribution in [1.82, 2.24) is 14.9 Å². The molecule has 1 amide bonds. The van der Waals surface area contributed by atoms with Gasteiger partial charge in [0.2, 0.25) is 0 Å². The highest BCUT2D eigenvalue weighted by Crippen LogP contribution is 2.22. The molecule has 0 aliphatic carbocycles. The van der Waals surface area contributed by atoms with Gasteiger partial charge in [0.05, 0.1) is 23.6 Å². The van der Waals surface area contributed by atoms with Crippen LogP contribution in [-0.4, -0.2) is 21.2 Å². The largest absolute Gasteiger partial charge is 0.342 e. The van der Waals surface area contributed by atoms with Crippen molar-refractivity contribution in [2.24, 2.45) is 0 Å². The van der Waals surface area contributed by atoms with Crippen molar-refractivity contribution in [1.29, 1.82) is 0 Å². The molecule has 1 aromatic heterocycles. The minimum atomic E-state index is -0.371. The van der Waals surface area contributed by atoms with Crippen LogP contribution in [0.1, 0.15) is 50.6 Å². The predicted octanol–water partition coefficient (Wildman–Crippen LogP) is 5.03. The number of rotatable bonds is 6. The van der Waals surface area contributed by atoms with Gasteiger partial charge in [0.15, 0.2) is 5.78 Å². The summed E-state index contributed by atoms with van der Waals surface area (Å²) < 4.78 is 1.90. The number of nitrogens with zero attached hydrogens (tertiary/aromatic N) is 2. The fourth-order valence-corrected chi connectivity index (χ4v) is 3.86. The monoisotopic (exact) mass is 411 g/mol. The molecule has 31 heavy (non-hydrogen) atoms. The van der Waals surface area contributed by atoms with Crippen LogP contribution in [0.3, 0.4) is 0 Å². The predicted molar refractivity (Wildman–Crippen MR) is 122 cm³/mol. The molecule has 0 fully saturated rings. The molecule has 5 nitrogen and oxygen atoms in total. The summed E-state index contributed by atoms with van der Waals surface area (Å²) >= 11 is 0. The summed E-state index contributed by atoms with van der Waals surface area (Å²) in [6.45, 7) is 5.99. The zero-order valence-electron chi connectivity index (χ0n) is 17.9. The van der Waals surface area contributed by atoms with Gasteiger partial charge in [-0.3, -0.25) is 9.59 Å². The minimum Gasteiger partial charge on any atom is -0.342 e. The summed E-state index contributed by atoms with van der Waals surface area (Å²) in [5.74, 6) is 0.500. The molecule has 156 valence electrons. The van der Waals surface area contributed by atoms with E-state index in [9.17, 15) is 9.59 Å². The van der Waals surface area contributed by atoms with E-state index in [2.05, 4.69) is 5.32 Å². The van der Waals surface area contributed by atoms with E-state index in [1.165, 1.54) is 0 Å². The molecular weight excluding hydrogens is 386 g/mol. The van der Waals surface area contributed by atoms with E-state index in [4.69, 9.17) is 4.98 Å². The van der Waals surface area contributed by atoms with Crippen LogP contribution in [0, 0.1) is 13.8 Å². The van der Waals surface area contributed by atoms with Crippen molar-refractivity contribution in [3.05, 3.63) is 101 Å². The molecule has 0 bridgehead atoms. The van der Waals surface area contributed by atoms with E-state index >= 15 is 0 Å². The molecule has 1 N–H and O–H groups in total. The molecule has 3 aromatic carbocycles. The molecule has 4 aromatic rings. The van der Waals surface area contributed by atoms with Crippen molar-refractivity contribution in [2.75, 3.05) is 0 Å². The Labute approximate surface area is 181 Å². The van der Waals surface area contributed by atoms with E-state index in [0.29, 0.717) is 17.0 Å². The van der Waals surface area contributed by atoms with Gasteiger partial charge in [-0.1, -0.05) is 60.2 Å². The first-order chi connectivity index (χ1) is 14.9. The van der Waals surface area contributed by atoms with Gasteiger partial charge in [-0.2, -0.15) is 0 Å². The zero-order chi connectivity index (χ0) is 22.0. The number of para-hydroxylation sites is 2. The number of benzene rings is 3. The lowest BCUT2D eigenvalue weighted by Crippen LogP contribution is -2.30. The molecule has 1 unspecified atom stereocenters. The lowest BCUT2D eigenvalue weighted by Gasteiger charge is -2.17. The number of aromatic nitrogens is 2. The van der Waals surface area contributed by atoms with E-state index < -0.39 is 0 Å². The third kappa shape index (κ3) is 4.26. The third-order valence-corrected chi connectivity index (χ3v) is 5.44. The smallest absolute Gasteiger partial charge is 0.252 e. The fraction of sp³-hybridized carbons (Fsp3) is 0.192. The third-order valence-electron chi connectivity index (χ3n) is 5.44. The Morgan fingerprint density at radius 3 is 2.42 bits per heavy atom. The highest BCUT2D eigenvalue weighted by Gasteiger charge is 2.21. The summed E-state index contributed by atoms with van der Waals surface area (Å²) in [7, 11) is 0. The Morgan fingerprint density at radius 1 is 0.968 bits per heavy atom. The lowest BCUT2D eigenvalue weighted by atomic mass is 10.0. The Kier molecular flexibility index (Phi) is 5.67. The number of carbonyl (C=O) groups is 2. The van der Waals surface area contributed by atoms with Gasteiger partial charge in [-0.05, 0) is 44.5 Å². The fourth-order valence-electron chi connectivity index (χ4n) is 3.86. The molecule has 1 atom stereocenters. The van der Waals surface area contributed by atoms with E-state index in [1.54, 1.807) is 0 Å². The molecule has 4 rings (SSSR count). The highest BCUT2D eigenvalue weighted by atomic mass is 16.1. The summed E-state index contributed by atoms with van der Waals surface area (Å²) in [6, 6.07) is 22.3. The second-order valence-electron chi connectivity index (χ2n) is 7.85. The second-order valence-corrected chi connectivity index (χ2v) is 7.85. The average molecular weight is 412 g/mol. The number of fused-ring (bicyclic) bond motifs is 1. The number of carbonyl (C=O) groups excluding carboxylic acids is 2. The summed E-state index contributed by atoms with van der Waals surface area (Å²) in [5.41, 5.74) is 5.00. The first-order valence-corrected chi connectivity index (χ1v) is 10.4. The van der Waals surface area contributed by atoms with Gasteiger partial charge < -0.3 is 9.88 Å². The molecule has 0 saturated carbocycles. The van der Waals surface area contributed by atoms with Gasteiger partial charge in [-0.15, -0.1) is 0 Å². The zero-order valence-corrected chi connectivity index (χ0v) is 17.9. The number of ketones is 1. The molecule has 1 heterocycles. The maximum absolute atomic E-state index is 12.9. The summed E-state index contributed by atoms with van der Waals surface area (Å²) in [5, 5.41) is 3.05. The second kappa shape index (κ2) is 8.56. The minimum absolute atomic E-state index is 0.00194. The first-order valence-electron chi connectivity index (χ1n) is 10.4. The first kappa shape index (κ1) is 20.5. The molecule has 0 spiro atoms. The van der Waals surface area contributed by atoms with Crippen LogP contribution < -0.4 is 5.32 Å². The van der Waals surface area contributed by atoms with Gasteiger partial charge in [-0.25, -0.2) is 4.98 Å². The topological polar surface area (TPSA) is 64.0 Å². The van der Waals surface area contributed by atoms with Crippen molar-refractivity contribution >= 4 is 22.7 Å². The Balaban J connectivity index is 1.65. The Morgan fingerprint density at radius 2 is 1.68 bits per heavy atom. The Hall–Kier alpha value is -3.73. The standard InChI is InChI=1S/C26H25N3O2/c1-17-13-14-21(18(2)15-17)26(31)27-19(3)25-28-22-11-7-8-12-23(22)29(25)16-24(30)20-9-5-4-6-10-20/h4-15,19H,16H2,1-3H3,(H,27,31). The molecule has 0 radical (unpaired) electrons. The summed E-state index contributed by atoms with van der Waals surface area (Å²) in [6.07, 6.45) is 0. The Bertz CT molecular complexity index is 1260. The van der Waals surface area contributed by atoms with Gasteiger partial charge in [0.25, 0.3) is 5.91 Å². The number of nitrogens with one attached hydrogen (secondary N) is 1. The van der Waals surface area contributed by atoms with Crippen molar-refractivity contribution in [2.45, 2.75) is 33.4 Å². The number of aryl methyl sites for hydroxylation is 2. The van der Waals surface area contributed by atoms with E-state index in [-0.39, 0.29) is 24.3 Å². The average Bonchev–Trinajstić information content (AvgIpc) is 3.13. The van der Waals surface area contributed by atoms with Crippen molar-refractivity contribution < 1.29 is 9.59 Å². The maximum atomic E-state index is 12.9. The molecule has 0 aliphatic rings. The SMILES string of the molecule is Cc1ccc(C(=O)NC(C)c2nc3ccccc3n2CC(=O)c2ccccc2)c(C)c1. The van der Waals surface area contributed by atoms with Gasteiger partial charge >= 0.3 is 0 Å². The van der Waals surface area contributed by atoms with E-state index in [1.807, 2.05) is 98.1 Å².